The molecule has 7 heteroatoms. The van der Waals surface area contributed by atoms with Gasteiger partial charge in [-0.05, 0) is 30.7 Å². The highest BCUT2D eigenvalue weighted by Crippen LogP contribution is 2.32. The lowest BCUT2D eigenvalue weighted by Crippen LogP contribution is -2.47. The number of hydrogen-bond acceptors (Lipinski definition) is 7. The van der Waals surface area contributed by atoms with Gasteiger partial charge in [-0.2, -0.15) is 0 Å². The summed E-state index contributed by atoms with van der Waals surface area (Å²) in [4.78, 5) is 18.3. The first kappa shape index (κ1) is 20.3. The minimum absolute atomic E-state index is 0.326. The number of aliphatic hydroxyl groups is 1. The maximum Gasteiger partial charge on any atom is 0.128 e. The van der Waals surface area contributed by atoms with E-state index in [1.165, 1.54) is 5.56 Å². The van der Waals surface area contributed by atoms with Gasteiger partial charge in [0.1, 0.15) is 5.82 Å². The first-order valence-corrected chi connectivity index (χ1v) is 11.1. The average molecular weight is 420 g/mol. The van der Waals surface area contributed by atoms with Crippen LogP contribution in [0, 0.1) is 0 Å². The lowest BCUT2D eigenvalue weighted by atomic mass is 9.87. The summed E-state index contributed by atoms with van der Waals surface area (Å²) >= 11 is 0. The average Bonchev–Trinajstić information content (AvgIpc) is 2.84. The zero-order valence-electron chi connectivity index (χ0n) is 17.9. The van der Waals surface area contributed by atoms with Gasteiger partial charge in [-0.25, -0.2) is 4.98 Å². The van der Waals surface area contributed by atoms with Crippen molar-refractivity contribution in [3.05, 3.63) is 60.0 Å². The van der Waals surface area contributed by atoms with Crippen LogP contribution in [0.4, 0.5) is 5.82 Å². The van der Waals surface area contributed by atoms with E-state index >= 15 is 0 Å². The molecular weight excluding hydrogens is 390 g/mol. The standard InChI is InChI=1S/C24H29N5O2/c1-18(19-2-4-21-22(16-19)26-9-8-25-21)28-10-12-29(13-11-28)23-5-3-20(17-27-23)24(30)6-14-31-15-7-24/h2-5,8-9,16-18,30H,6-7,10-15H2,1H3. The summed E-state index contributed by atoms with van der Waals surface area (Å²) in [6.45, 7) is 7.28. The molecule has 0 saturated carbocycles. The molecule has 162 valence electrons. The highest BCUT2D eigenvalue weighted by atomic mass is 16.5. The smallest absolute Gasteiger partial charge is 0.128 e. The number of piperazine rings is 1. The highest BCUT2D eigenvalue weighted by Gasteiger charge is 2.32. The van der Waals surface area contributed by atoms with Crippen LogP contribution in [0.3, 0.4) is 0 Å². The fourth-order valence-electron chi connectivity index (χ4n) is 4.64. The SMILES string of the molecule is CC(c1ccc2nccnc2c1)N1CCN(c2ccc(C3(O)CCOCC3)cn2)CC1. The fraction of sp³-hybridized carbons (Fsp3) is 0.458. The van der Waals surface area contributed by atoms with Crippen LogP contribution in [0.2, 0.25) is 0 Å². The molecule has 1 N–H and O–H groups in total. The second-order valence-electron chi connectivity index (χ2n) is 8.55. The number of ether oxygens (including phenoxy) is 1. The minimum Gasteiger partial charge on any atom is -0.385 e. The van der Waals surface area contributed by atoms with Crippen LogP contribution < -0.4 is 4.90 Å². The predicted molar refractivity (Wildman–Crippen MR) is 120 cm³/mol. The van der Waals surface area contributed by atoms with Crippen molar-refractivity contribution in [1.82, 2.24) is 19.9 Å². The first-order valence-electron chi connectivity index (χ1n) is 11.1. The van der Waals surface area contributed by atoms with Crippen LogP contribution in [0.1, 0.15) is 36.9 Å². The second kappa shape index (κ2) is 8.49. The van der Waals surface area contributed by atoms with Crippen molar-refractivity contribution < 1.29 is 9.84 Å². The summed E-state index contributed by atoms with van der Waals surface area (Å²) in [6, 6.07) is 10.8. The molecule has 2 aliphatic rings. The zero-order valence-corrected chi connectivity index (χ0v) is 17.9. The molecule has 2 aromatic heterocycles. The Labute approximate surface area is 182 Å². The van der Waals surface area contributed by atoms with Gasteiger partial charge in [0, 0.05) is 82.4 Å². The van der Waals surface area contributed by atoms with Crippen molar-refractivity contribution in [2.75, 3.05) is 44.3 Å². The van der Waals surface area contributed by atoms with E-state index in [-0.39, 0.29) is 0 Å². The van der Waals surface area contributed by atoms with E-state index in [4.69, 9.17) is 4.74 Å². The van der Waals surface area contributed by atoms with Crippen LogP contribution in [0.25, 0.3) is 11.0 Å². The van der Waals surface area contributed by atoms with Gasteiger partial charge in [0.2, 0.25) is 0 Å². The molecule has 1 aromatic carbocycles. The van der Waals surface area contributed by atoms with Crippen molar-refractivity contribution in [2.24, 2.45) is 0 Å². The van der Waals surface area contributed by atoms with Crippen LogP contribution >= 0.6 is 0 Å². The first-order chi connectivity index (χ1) is 15.1. The van der Waals surface area contributed by atoms with E-state index in [0.717, 1.165) is 48.6 Å². The van der Waals surface area contributed by atoms with Crippen molar-refractivity contribution in [3.8, 4) is 0 Å². The lowest BCUT2D eigenvalue weighted by Gasteiger charge is -2.39. The van der Waals surface area contributed by atoms with Crippen molar-refractivity contribution in [1.29, 1.82) is 0 Å². The van der Waals surface area contributed by atoms with E-state index < -0.39 is 5.60 Å². The molecule has 5 rings (SSSR count). The number of anilines is 1. The Balaban J connectivity index is 1.22. The normalized spacial score (nSPS) is 20.6. The maximum atomic E-state index is 10.9. The Morgan fingerprint density at radius 2 is 1.68 bits per heavy atom. The largest absolute Gasteiger partial charge is 0.385 e. The number of pyridine rings is 1. The Bertz CT molecular complexity index is 1030. The fourth-order valence-corrected chi connectivity index (χ4v) is 4.64. The number of rotatable bonds is 4. The minimum atomic E-state index is -0.803. The third-order valence-corrected chi connectivity index (χ3v) is 6.77. The Kier molecular flexibility index (Phi) is 5.56. The number of benzene rings is 1. The summed E-state index contributed by atoms with van der Waals surface area (Å²) in [5.41, 5.74) is 3.24. The molecule has 1 unspecified atom stereocenters. The molecule has 2 aliphatic heterocycles. The van der Waals surface area contributed by atoms with Crippen molar-refractivity contribution in [2.45, 2.75) is 31.4 Å². The van der Waals surface area contributed by atoms with Gasteiger partial charge in [-0.15, -0.1) is 0 Å². The lowest BCUT2D eigenvalue weighted by molar-refractivity contribution is -0.0680. The number of aromatic nitrogens is 3. The quantitative estimate of drug-likeness (QED) is 0.697. The van der Waals surface area contributed by atoms with Crippen LogP contribution in [-0.4, -0.2) is 64.4 Å². The van der Waals surface area contributed by atoms with Gasteiger partial charge < -0.3 is 14.7 Å². The number of nitrogens with zero attached hydrogens (tertiary/aromatic N) is 5. The molecule has 31 heavy (non-hydrogen) atoms. The molecule has 0 amide bonds. The monoisotopic (exact) mass is 419 g/mol. The van der Waals surface area contributed by atoms with Gasteiger partial charge in [0.05, 0.1) is 16.6 Å². The third kappa shape index (κ3) is 4.13. The molecule has 0 aliphatic carbocycles. The summed E-state index contributed by atoms with van der Waals surface area (Å²) in [7, 11) is 0. The van der Waals surface area contributed by atoms with Crippen molar-refractivity contribution in [3.63, 3.8) is 0 Å². The third-order valence-electron chi connectivity index (χ3n) is 6.77. The van der Waals surface area contributed by atoms with Gasteiger partial charge in [-0.3, -0.25) is 14.9 Å². The predicted octanol–water partition coefficient (Wildman–Crippen LogP) is 2.91. The maximum absolute atomic E-state index is 10.9. The molecule has 2 fully saturated rings. The molecule has 3 aromatic rings. The second-order valence-corrected chi connectivity index (χ2v) is 8.55. The Hall–Kier alpha value is -2.61. The summed E-state index contributed by atoms with van der Waals surface area (Å²) in [5.74, 6) is 0.979. The molecule has 2 saturated heterocycles. The van der Waals surface area contributed by atoms with Gasteiger partial charge in [0.25, 0.3) is 0 Å². The molecule has 1 atom stereocenters. The molecule has 0 bridgehead atoms. The highest BCUT2D eigenvalue weighted by molar-refractivity contribution is 5.74. The summed E-state index contributed by atoms with van der Waals surface area (Å²) in [6.07, 6.45) is 6.57. The number of hydrogen-bond donors (Lipinski definition) is 1. The van der Waals surface area contributed by atoms with Crippen LogP contribution in [0.5, 0.6) is 0 Å². The van der Waals surface area contributed by atoms with Crippen molar-refractivity contribution >= 4 is 16.9 Å². The molecule has 0 spiro atoms. The topological polar surface area (TPSA) is 74.6 Å². The van der Waals surface area contributed by atoms with Crippen LogP contribution in [-0.2, 0) is 10.3 Å². The van der Waals surface area contributed by atoms with E-state index in [1.807, 2.05) is 18.3 Å². The van der Waals surface area contributed by atoms with E-state index in [0.29, 0.717) is 32.1 Å². The van der Waals surface area contributed by atoms with E-state index in [1.54, 1.807) is 12.4 Å². The zero-order chi connectivity index (χ0) is 21.3. The number of fused-ring (bicyclic) bond motifs is 1. The van der Waals surface area contributed by atoms with Gasteiger partial charge >= 0.3 is 0 Å². The Morgan fingerprint density at radius 1 is 0.935 bits per heavy atom. The Morgan fingerprint density at radius 3 is 2.39 bits per heavy atom. The molecular formula is C24H29N5O2. The molecule has 0 radical (unpaired) electrons. The van der Waals surface area contributed by atoms with Gasteiger partial charge in [-0.1, -0.05) is 12.1 Å². The van der Waals surface area contributed by atoms with E-state index in [9.17, 15) is 5.11 Å². The summed E-state index contributed by atoms with van der Waals surface area (Å²) < 4.78 is 5.39. The van der Waals surface area contributed by atoms with Gasteiger partial charge in [0.15, 0.2) is 0 Å². The van der Waals surface area contributed by atoms with E-state index in [2.05, 4.69) is 49.9 Å². The van der Waals surface area contributed by atoms with Crippen LogP contribution in [0.15, 0.2) is 48.9 Å². The molecule has 7 nitrogen and oxygen atoms in total. The summed E-state index contributed by atoms with van der Waals surface area (Å²) in [5, 5.41) is 10.9. The molecule has 4 heterocycles.